The Labute approximate surface area is 105 Å². The molecule has 0 heterocycles. The Hall–Kier alpha value is -2.58. The number of halogens is 2. The molecule has 1 amide bonds. The predicted octanol–water partition coefficient (Wildman–Crippen LogP) is 1.53. The fraction of sp³-hybridized carbons (Fsp3) is 0.200. The van der Waals surface area contributed by atoms with Crippen molar-refractivity contribution in [1.82, 2.24) is 0 Å². The molecule has 0 fully saturated rings. The molecule has 0 aliphatic heterocycles. The van der Waals surface area contributed by atoms with Crippen LogP contribution in [0.15, 0.2) is 12.1 Å². The number of carbonyl (C=O) groups is 2. The van der Waals surface area contributed by atoms with Crippen LogP contribution < -0.4 is 5.32 Å². The molecular weight excluding hydrogens is 266 g/mol. The predicted molar refractivity (Wildman–Crippen MR) is 58.4 cm³/mol. The number of nitrogens with zero attached hydrogens (tertiary/aromatic N) is 1. The number of aliphatic carboxylic acids is 1. The average molecular weight is 274 g/mol. The summed E-state index contributed by atoms with van der Waals surface area (Å²) in [6, 6.07) is 0.762. The number of hydrogen-bond acceptors (Lipinski definition) is 4. The molecule has 1 rings (SSSR count). The van der Waals surface area contributed by atoms with Crippen molar-refractivity contribution >= 4 is 23.3 Å². The number of nitrogens with one attached hydrogen (secondary N) is 1. The van der Waals surface area contributed by atoms with Crippen LogP contribution in [0.1, 0.15) is 6.92 Å². The molecule has 1 aromatic rings. The second-order valence-corrected chi connectivity index (χ2v) is 3.59. The zero-order valence-corrected chi connectivity index (χ0v) is 9.52. The highest BCUT2D eigenvalue weighted by Crippen LogP contribution is 2.29. The topological polar surface area (TPSA) is 110 Å². The van der Waals surface area contributed by atoms with E-state index in [1.165, 1.54) is 0 Å². The van der Waals surface area contributed by atoms with Gasteiger partial charge in [-0.05, 0) is 6.92 Å². The van der Waals surface area contributed by atoms with Crippen molar-refractivity contribution in [3.05, 3.63) is 33.9 Å². The van der Waals surface area contributed by atoms with Gasteiger partial charge in [0.1, 0.15) is 11.7 Å². The molecule has 0 aliphatic carbocycles. The van der Waals surface area contributed by atoms with Crippen LogP contribution in [0.4, 0.5) is 20.2 Å². The van der Waals surface area contributed by atoms with Crippen LogP contribution in [-0.4, -0.2) is 21.9 Å². The summed E-state index contributed by atoms with van der Waals surface area (Å²) >= 11 is 0. The van der Waals surface area contributed by atoms with Crippen LogP contribution in [0, 0.1) is 27.7 Å². The first-order chi connectivity index (χ1) is 8.73. The number of anilines is 1. The second-order valence-electron chi connectivity index (χ2n) is 3.59. The highest BCUT2D eigenvalue weighted by atomic mass is 19.1. The smallest absolute Gasteiger partial charge is 0.315 e. The summed E-state index contributed by atoms with van der Waals surface area (Å²) in [5, 5.41) is 21.0. The standard InChI is InChI=1S/C10H8F2N2O5/c1-4(10(16)17)9(15)13-8-6(12)2-5(11)3-7(8)14(18)19/h2-4H,1H3,(H,13,15)(H,16,17). The summed E-state index contributed by atoms with van der Waals surface area (Å²) in [6.07, 6.45) is 0. The normalized spacial score (nSPS) is 11.7. The van der Waals surface area contributed by atoms with Gasteiger partial charge in [0.15, 0.2) is 11.5 Å². The molecule has 0 aromatic heterocycles. The van der Waals surface area contributed by atoms with Crippen LogP contribution in [0.5, 0.6) is 0 Å². The maximum Gasteiger partial charge on any atom is 0.315 e. The van der Waals surface area contributed by atoms with Crippen molar-refractivity contribution in [2.45, 2.75) is 6.92 Å². The minimum Gasteiger partial charge on any atom is -0.481 e. The number of nitro groups is 1. The monoisotopic (exact) mass is 274 g/mol. The lowest BCUT2D eigenvalue weighted by Gasteiger charge is -2.09. The molecule has 0 bridgehead atoms. The van der Waals surface area contributed by atoms with E-state index in [1.54, 1.807) is 5.32 Å². The molecular formula is C10H8F2N2O5. The molecule has 0 radical (unpaired) electrons. The largest absolute Gasteiger partial charge is 0.481 e. The Morgan fingerprint density at radius 3 is 2.47 bits per heavy atom. The van der Waals surface area contributed by atoms with Crippen molar-refractivity contribution in [2.75, 3.05) is 5.32 Å². The lowest BCUT2D eigenvalue weighted by molar-refractivity contribution is -0.384. The summed E-state index contributed by atoms with van der Waals surface area (Å²) < 4.78 is 26.2. The number of carboxylic acids is 1. The molecule has 102 valence electrons. The molecule has 1 aromatic carbocycles. The third-order valence-electron chi connectivity index (χ3n) is 2.24. The maximum atomic E-state index is 13.4. The third kappa shape index (κ3) is 3.21. The molecule has 0 aliphatic rings. The van der Waals surface area contributed by atoms with Crippen LogP contribution >= 0.6 is 0 Å². The quantitative estimate of drug-likeness (QED) is 0.491. The highest BCUT2D eigenvalue weighted by Gasteiger charge is 2.26. The van der Waals surface area contributed by atoms with E-state index in [2.05, 4.69) is 0 Å². The number of carboxylic acid groups (broad SMARTS) is 1. The average Bonchev–Trinajstić information content (AvgIpc) is 2.30. The van der Waals surface area contributed by atoms with Gasteiger partial charge in [-0.15, -0.1) is 0 Å². The number of benzene rings is 1. The maximum absolute atomic E-state index is 13.4. The van der Waals surface area contributed by atoms with Gasteiger partial charge >= 0.3 is 5.97 Å². The lowest BCUT2D eigenvalue weighted by Crippen LogP contribution is -2.27. The van der Waals surface area contributed by atoms with Crippen LogP contribution in [0.2, 0.25) is 0 Å². The van der Waals surface area contributed by atoms with Crippen molar-refractivity contribution in [1.29, 1.82) is 0 Å². The molecule has 0 saturated carbocycles. The number of amides is 1. The zero-order valence-electron chi connectivity index (χ0n) is 9.52. The van der Waals surface area contributed by atoms with Gasteiger partial charge in [-0.25, -0.2) is 8.78 Å². The molecule has 7 nitrogen and oxygen atoms in total. The minimum absolute atomic E-state index is 0.341. The SMILES string of the molecule is CC(C(=O)O)C(=O)Nc1c(F)cc(F)cc1[N+](=O)[O-]. The first-order valence-corrected chi connectivity index (χ1v) is 4.91. The Bertz CT molecular complexity index is 561. The van der Waals surface area contributed by atoms with Gasteiger partial charge in [0, 0.05) is 6.07 Å². The van der Waals surface area contributed by atoms with E-state index < -0.39 is 45.7 Å². The zero-order chi connectivity index (χ0) is 14.7. The summed E-state index contributed by atoms with van der Waals surface area (Å²) in [5.41, 5.74) is -1.87. The van der Waals surface area contributed by atoms with E-state index in [0.29, 0.717) is 12.1 Å². The van der Waals surface area contributed by atoms with Gasteiger partial charge in [0.05, 0.1) is 11.0 Å². The Balaban J connectivity index is 3.17. The Morgan fingerprint density at radius 2 is 2.00 bits per heavy atom. The molecule has 1 atom stereocenters. The van der Waals surface area contributed by atoms with Gasteiger partial charge in [0.25, 0.3) is 5.69 Å². The van der Waals surface area contributed by atoms with Gasteiger partial charge in [-0.1, -0.05) is 0 Å². The second kappa shape index (κ2) is 5.38. The van der Waals surface area contributed by atoms with Gasteiger partial charge in [-0.2, -0.15) is 0 Å². The molecule has 0 saturated heterocycles. The Kier molecular flexibility index (Phi) is 4.10. The summed E-state index contributed by atoms with van der Waals surface area (Å²) in [6.45, 7) is 1.02. The van der Waals surface area contributed by atoms with E-state index in [0.717, 1.165) is 6.92 Å². The Morgan fingerprint density at radius 1 is 1.42 bits per heavy atom. The number of hydrogen-bond donors (Lipinski definition) is 2. The fourth-order valence-corrected chi connectivity index (χ4v) is 1.17. The molecule has 19 heavy (non-hydrogen) atoms. The van der Waals surface area contributed by atoms with E-state index in [9.17, 15) is 28.5 Å². The van der Waals surface area contributed by atoms with Crippen molar-refractivity contribution in [2.24, 2.45) is 5.92 Å². The summed E-state index contributed by atoms with van der Waals surface area (Å²) in [5.74, 6) is -6.72. The summed E-state index contributed by atoms with van der Waals surface area (Å²) in [7, 11) is 0. The van der Waals surface area contributed by atoms with Crippen LogP contribution in [0.25, 0.3) is 0 Å². The molecule has 1 unspecified atom stereocenters. The fourth-order valence-electron chi connectivity index (χ4n) is 1.17. The molecule has 9 heteroatoms. The van der Waals surface area contributed by atoms with Gasteiger partial charge in [-0.3, -0.25) is 19.7 Å². The number of rotatable bonds is 4. The van der Waals surface area contributed by atoms with Crippen molar-refractivity contribution in [3.63, 3.8) is 0 Å². The van der Waals surface area contributed by atoms with E-state index in [-0.39, 0.29) is 0 Å². The first kappa shape index (κ1) is 14.5. The third-order valence-corrected chi connectivity index (χ3v) is 2.24. The minimum atomic E-state index is -1.54. The summed E-state index contributed by atoms with van der Waals surface area (Å²) in [4.78, 5) is 31.5. The van der Waals surface area contributed by atoms with Crippen LogP contribution in [0.3, 0.4) is 0 Å². The lowest BCUT2D eigenvalue weighted by atomic mass is 10.1. The highest BCUT2D eigenvalue weighted by molar-refractivity contribution is 6.04. The van der Waals surface area contributed by atoms with E-state index >= 15 is 0 Å². The number of nitro benzene ring substituents is 1. The molecule has 2 N–H and O–H groups in total. The van der Waals surface area contributed by atoms with Gasteiger partial charge < -0.3 is 10.4 Å². The van der Waals surface area contributed by atoms with Crippen LogP contribution in [-0.2, 0) is 9.59 Å². The number of carbonyl (C=O) groups excluding carboxylic acids is 1. The van der Waals surface area contributed by atoms with Crippen molar-refractivity contribution < 1.29 is 28.4 Å². The van der Waals surface area contributed by atoms with E-state index in [1.807, 2.05) is 0 Å². The van der Waals surface area contributed by atoms with Crippen molar-refractivity contribution in [3.8, 4) is 0 Å². The molecule has 0 spiro atoms. The van der Waals surface area contributed by atoms with E-state index in [4.69, 9.17) is 5.11 Å². The van der Waals surface area contributed by atoms with Gasteiger partial charge in [0.2, 0.25) is 5.91 Å². The first-order valence-electron chi connectivity index (χ1n) is 4.91.